The van der Waals surface area contributed by atoms with Gasteiger partial charge in [-0.3, -0.25) is 4.79 Å². The topological polar surface area (TPSA) is 59.6 Å². The number of anilines is 2. The maximum Gasteiger partial charge on any atom is 0.256 e. The summed E-state index contributed by atoms with van der Waals surface area (Å²) in [5, 5.41) is 6.27. The number of benzene rings is 2. The fourth-order valence-electron chi connectivity index (χ4n) is 2.80. The molecule has 0 atom stereocenters. The number of amides is 1. The zero-order valence-electron chi connectivity index (χ0n) is 13.3. The number of ether oxygens (including phenoxy) is 2. The summed E-state index contributed by atoms with van der Waals surface area (Å²) >= 11 is 0. The fraction of sp³-hybridized carbons (Fsp3) is 0.278. The van der Waals surface area contributed by atoms with Gasteiger partial charge in [-0.15, -0.1) is 0 Å². The minimum atomic E-state index is -0.124. The van der Waals surface area contributed by atoms with Crippen LogP contribution in [0.25, 0.3) is 0 Å². The summed E-state index contributed by atoms with van der Waals surface area (Å²) < 4.78 is 10.5. The van der Waals surface area contributed by atoms with E-state index in [1.807, 2.05) is 18.2 Å². The number of rotatable bonds is 4. The van der Waals surface area contributed by atoms with E-state index >= 15 is 0 Å². The Morgan fingerprint density at radius 2 is 1.87 bits per heavy atom. The number of nitrogens with one attached hydrogen (secondary N) is 2. The molecule has 1 aliphatic rings. The zero-order valence-corrected chi connectivity index (χ0v) is 13.3. The van der Waals surface area contributed by atoms with Crippen molar-refractivity contribution in [2.24, 2.45) is 0 Å². The van der Waals surface area contributed by atoms with Crippen LogP contribution in [0.15, 0.2) is 36.4 Å². The van der Waals surface area contributed by atoms with Gasteiger partial charge < -0.3 is 20.1 Å². The van der Waals surface area contributed by atoms with Crippen molar-refractivity contribution in [2.75, 3.05) is 31.4 Å². The molecule has 1 heterocycles. The number of carbonyl (C=O) groups excluding carboxylic acids is 1. The van der Waals surface area contributed by atoms with Gasteiger partial charge in [0.05, 0.1) is 14.2 Å². The zero-order chi connectivity index (χ0) is 16.2. The molecule has 0 aliphatic carbocycles. The Morgan fingerprint density at radius 3 is 2.57 bits per heavy atom. The lowest BCUT2D eigenvalue weighted by molar-refractivity contribution is 0.102. The Labute approximate surface area is 135 Å². The van der Waals surface area contributed by atoms with Crippen LogP contribution < -0.4 is 20.1 Å². The first kappa shape index (κ1) is 15.2. The lowest BCUT2D eigenvalue weighted by Gasteiger charge is -2.20. The number of fused-ring (bicyclic) bond motifs is 1. The Hall–Kier alpha value is -2.69. The Morgan fingerprint density at radius 1 is 1.13 bits per heavy atom. The largest absolute Gasteiger partial charge is 0.497 e. The summed E-state index contributed by atoms with van der Waals surface area (Å²) in [6, 6.07) is 11.1. The monoisotopic (exact) mass is 312 g/mol. The molecule has 120 valence electrons. The van der Waals surface area contributed by atoms with Gasteiger partial charge in [0, 0.05) is 41.7 Å². The van der Waals surface area contributed by atoms with Crippen molar-refractivity contribution in [2.45, 2.75) is 12.8 Å². The van der Waals surface area contributed by atoms with Gasteiger partial charge in [-0.25, -0.2) is 0 Å². The van der Waals surface area contributed by atoms with E-state index in [0.717, 1.165) is 30.6 Å². The average Bonchev–Trinajstić information content (AvgIpc) is 2.60. The maximum absolute atomic E-state index is 12.7. The van der Waals surface area contributed by atoms with Crippen LogP contribution in [0.1, 0.15) is 22.3 Å². The number of methoxy groups -OCH3 is 2. The first-order valence-electron chi connectivity index (χ1n) is 7.61. The smallest absolute Gasteiger partial charge is 0.256 e. The van der Waals surface area contributed by atoms with Crippen LogP contribution in [-0.2, 0) is 6.42 Å². The molecule has 0 spiro atoms. The number of hydrogen-bond acceptors (Lipinski definition) is 4. The highest BCUT2D eigenvalue weighted by Crippen LogP contribution is 2.28. The molecule has 0 bridgehead atoms. The van der Waals surface area contributed by atoms with E-state index in [1.165, 1.54) is 0 Å². The molecule has 2 aromatic carbocycles. The van der Waals surface area contributed by atoms with Gasteiger partial charge in [0.15, 0.2) is 0 Å². The molecule has 1 aliphatic heterocycles. The molecular weight excluding hydrogens is 292 g/mol. The Bertz CT molecular complexity index is 706. The summed E-state index contributed by atoms with van der Waals surface area (Å²) in [5.74, 6) is 1.15. The van der Waals surface area contributed by atoms with Gasteiger partial charge in [-0.1, -0.05) is 6.07 Å². The van der Waals surface area contributed by atoms with Gasteiger partial charge in [-0.05, 0) is 30.5 Å². The molecule has 5 heteroatoms. The molecule has 0 saturated carbocycles. The number of hydrogen-bond donors (Lipinski definition) is 2. The first-order chi connectivity index (χ1) is 11.2. The molecule has 5 nitrogen and oxygen atoms in total. The van der Waals surface area contributed by atoms with Crippen LogP contribution in [0, 0.1) is 0 Å². The summed E-state index contributed by atoms with van der Waals surface area (Å²) in [7, 11) is 3.17. The van der Waals surface area contributed by atoms with E-state index in [4.69, 9.17) is 9.47 Å². The third-order valence-corrected chi connectivity index (χ3v) is 3.95. The highest BCUT2D eigenvalue weighted by Gasteiger charge is 2.17. The minimum absolute atomic E-state index is 0.124. The van der Waals surface area contributed by atoms with E-state index in [0.29, 0.717) is 22.7 Å². The number of carbonyl (C=O) groups is 1. The second kappa shape index (κ2) is 6.60. The molecule has 1 amide bonds. The second-order valence-corrected chi connectivity index (χ2v) is 5.42. The van der Waals surface area contributed by atoms with Crippen molar-refractivity contribution in [3.63, 3.8) is 0 Å². The van der Waals surface area contributed by atoms with Crippen molar-refractivity contribution >= 4 is 17.3 Å². The fourth-order valence-corrected chi connectivity index (χ4v) is 2.80. The third kappa shape index (κ3) is 3.23. The minimum Gasteiger partial charge on any atom is -0.497 e. The van der Waals surface area contributed by atoms with E-state index < -0.39 is 0 Å². The van der Waals surface area contributed by atoms with Crippen molar-refractivity contribution in [3.05, 3.63) is 47.5 Å². The van der Waals surface area contributed by atoms with E-state index in [2.05, 4.69) is 10.6 Å². The van der Waals surface area contributed by atoms with Crippen LogP contribution in [0.3, 0.4) is 0 Å². The maximum atomic E-state index is 12.7. The molecule has 3 rings (SSSR count). The van der Waals surface area contributed by atoms with Gasteiger partial charge in [0.2, 0.25) is 0 Å². The van der Waals surface area contributed by atoms with Crippen molar-refractivity contribution in [3.8, 4) is 11.5 Å². The lowest BCUT2D eigenvalue weighted by Crippen LogP contribution is -2.19. The summed E-state index contributed by atoms with van der Waals surface area (Å²) in [6.45, 7) is 0.950. The molecule has 2 aromatic rings. The van der Waals surface area contributed by atoms with Gasteiger partial charge in [-0.2, -0.15) is 0 Å². The van der Waals surface area contributed by atoms with Gasteiger partial charge in [0.25, 0.3) is 5.91 Å². The quantitative estimate of drug-likeness (QED) is 0.909. The van der Waals surface area contributed by atoms with Gasteiger partial charge in [0.1, 0.15) is 11.5 Å². The van der Waals surface area contributed by atoms with Crippen molar-refractivity contribution in [1.29, 1.82) is 0 Å². The van der Waals surface area contributed by atoms with Crippen molar-refractivity contribution < 1.29 is 14.3 Å². The average molecular weight is 312 g/mol. The summed E-state index contributed by atoms with van der Waals surface area (Å²) in [4.78, 5) is 12.7. The van der Waals surface area contributed by atoms with Gasteiger partial charge >= 0.3 is 0 Å². The van der Waals surface area contributed by atoms with Crippen LogP contribution in [0.2, 0.25) is 0 Å². The molecule has 0 radical (unpaired) electrons. The molecule has 0 unspecified atom stereocenters. The predicted molar refractivity (Wildman–Crippen MR) is 90.8 cm³/mol. The second-order valence-electron chi connectivity index (χ2n) is 5.42. The Balaban J connectivity index is 1.88. The van der Waals surface area contributed by atoms with Crippen LogP contribution >= 0.6 is 0 Å². The van der Waals surface area contributed by atoms with E-state index in [1.54, 1.807) is 32.4 Å². The molecule has 0 fully saturated rings. The predicted octanol–water partition coefficient (Wildman–Crippen LogP) is 3.31. The van der Waals surface area contributed by atoms with Crippen LogP contribution in [-0.4, -0.2) is 26.7 Å². The highest BCUT2D eigenvalue weighted by molar-refractivity contribution is 6.06. The lowest BCUT2D eigenvalue weighted by atomic mass is 9.97. The SMILES string of the molecule is COc1cc(NC(=O)c2cccc3c2CCCN3)cc(OC)c1. The highest BCUT2D eigenvalue weighted by atomic mass is 16.5. The summed E-state index contributed by atoms with van der Waals surface area (Å²) in [5.41, 5.74) is 3.47. The first-order valence-corrected chi connectivity index (χ1v) is 7.61. The molecular formula is C18H20N2O3. The van der Waals surface area contributed by atoms with Crippen LogP contribution in [0.5, 0.6) is 11.5 Å². The summed E-state index contributed by atoms with van der Waals surface area (Å²) in [6.07, 6.45) is 1.94. The molecule has 0 aromatic heterocycles. The van der Waals surface area contributed by atoms with E-state index in [9.17, 15) is 4.79 Å². The molecule has 0 saturated heterocycles. The van der Waals surface area contributed by atoms with Crippen molar-refractivity contribution in [1.82, 2.24) is 0 Å². The normalized spacial score (nSPS) is 12.8. The standard InChI is InChI=1S/C18H20N2O3/c1-22-13-9-12(10-14(11-13)23-2)20-18(21)16-5-3-7-17-15(16)6-4-8-19-17/h3,5,7,9-11,19H,4,6,8H2,1-2H3,(H,20,21). The van der Waals surface area contributed by atoms with Crippen LogP contribution in [0.4, 0.5) is 11.4 Å². The van der Waals surface area contributed by atoms with E-state index in [-0.39, 0.29) is 5.91 Å². The molecule has 2 N–H and O–H groups in total. The molecule has 23 heavy (non-hydrogen) atoms. The third-order valence-electron chi connectivity index (χ3n) is 3.95. The Kier molecular flexibility index (Phi) is 4.37.